The molecule has 2 aromatic rings. The third-order valence-corrected chi connectivity index (χ3v) is 5.65. The van der Waals surface area contributed by atoms with E-state index in [0.717, 1.165) is 11.8 Å². The van der Waals surface area contributed by atoms with Crippen molar-refractivity contribution in [2.75, 3.05) is 20.4 Å². The van der Waals surface area contributed by atoms with Crippen molar-refractivity contribution in [2.24, 2.45) is 0 Å². The molecule has 0 unspecified atom stereocenters. The molecule has 0 saturated heterocycles. The van der Waals surface area contributed by atoms with Crippen LogP contribution in [0.4, 0.5) is 0 Å². The molecule has 0 aliphatic carbocycles. The van der Waals surface area contributed by atoms with E-state index in [-0.39, 0.29) is 12.5 Å². The molecule has 1 aliphatic heterocycles. The molecule has 1 atom stereocenters. The summed E-state index contributed by atoms with van der Waals surface area (Å²) in [4.78, 5) is 14.4. The predicted octanol–water partition coefficient (Wildman–Crippen LogP) is 0.425. The van der Waals surface area contributed by atoms with E-state index in [9.17, 15) is 13.2 Å². The second-order valence-corrected chi connectivity index (χ2v) is 8.41. The minimum absolute atomic E-state index is 0.0283. The van der Waals surface area contributed by atoms with Crippen LogP contribution in [0.5, 0.6) is 0 Å². The van der Waals surface area contributed by atoms with Gasteiger partial charge in [-0.3, -0.25) is 9.36 Å². The number of carbonyl (C=O) groups is 1. The van der Waals surface area contributed by atoms with E-state index in [0.29, 0.717) is 24.6 Å². The minimum atomic E-state index is -3.35. The monoisotopic (exact) mass is 363 g/mol. The molecular weight excluding hydrogens is 342 g/mol. The van der Waals surface area contributed by atoms with Gasteiger partial charge in [0.15, 0.2) is 5.82 Å². The van der Waals surface area contributed by atoms with Crippen molar-refractivity contribution in [1.29, 1.82) is 0 Å². The third kappa shape index (κ3) is 3.57. The van der Waals surface area contributed by atoms with Crippen molar-refractivity contribution in [1.82, 2.24) is 24.0 Å². The van der Waals surface area contributed by atoms with Crippen molar-refractivity contribution in [3.8, 4) is 0 Å². The molecule has 9 heteroatoms. The first-order valence-corrected chi connectivity index (χ1v) is 9.75. The molecule has 0 radical (unpaired) electrons. The summed E-state index contributed by atoms with van der Waals surface area (Å²) < 4.78 is 26.4. The van der Waals surface area contributed by atoms with Gasteiger partial charge in [-0.15, -0.1) is 10.2 Å². The van der Waals surface area contributed by atoms with Crippen LogP contribution in [0.3, 0.4) is 0 Å². The Bertz CT molecular complexity index is 878. The van der Waals surface area contributed by atoms with Gasteiger partial charge in [-0.05, 0) is 5.56 Å². The standard InChI is InChI=1S/C16H21N5O3S/c1-19-10-14-17-18-15(11-20(2)25(3,23)24)21(14)13(16(19)22)9-12-7-5-4-6-8-12/h4-8,13H,9-11H2,1-3H3/t13-/m1/s1. The highest BCUT2D eigenvalue weighted by Gasteiger charge is 2.35. The Labute approximate surface area is 147 Å². The number of aromatic nitrogens is 3. The van der Waals surface area contributed by atoms with Crippen LogP contribution in [-0.4, -0.2) is 58.6 Å². The number of rotatable bonds is 5. The highest BCUT2D eigenvalue weighted by molar-refractivity contribution is 7.88. The number of amides is 1. The van der Waals surface area contributed by atoms with Crippen molar-refractivity contribution in [3.63, 3.8) is 0 Å². The average molecular weight is 363 g/mol. The summed E-state index contributed by atoms with van der Waals surface area (Å²) in [7, 11) is -0.126. The zero-order valence-corrected chi connectivity index (χ0v) is 15.3. The maximum atomic E-state index is 12.7. The van der Waals surface area contributed by atoms with Crippen LogP contribution in [0.2, 0.25) is 0 Å². The predicted molar refractivity (Wildman–Crippen MR) is 92.0 cm³/mol. The third-order valence-electron chi connectivity index (χ3n) is 4.39. The number of carbonyl (C=O) groups excluding carboxylic acids is 1. The molecule has 25 heavy (non-hydrogen) atoms. The lowest BCUT2D eigenvalue weighted by Gasteiger charge is -2.32. The number of likely N-dealkylation sites (N-methyl/N-ethyl adjacent to an activating group) is 1. The van der Waals surface area contributed by atoms with Crippen LogP contribution < -0.4 is 0 Å². The van der Waals surface area contributed by atoms with Gasteiger partial charge in [0, 0.05) is 20.5 Å². The van der Waals surface area contributed by atoms with Crippen LogP contribution in [0.15, 0.2) is 30.3 Å². The lowest BCUT2D eigenvalue weighted by molar-refractivity contribution is -0.136. The molecule has 2 heterocycles. The van der Waals surface area contributed by atoms with E-state index in [4.69, 9.17) is 0 Å². The first kappa shape index (κ1) is 17.6. The van der Waals surface area contributed by atoms with Crippen molar-refractivity contribution in [3.05, 3.63) is 47.5 Å². The lowest BCUT2D eigenvalue weighted by Crippen LogP contribution is -2.42. The van der Waals surface area contributed by atoms with Crippen LogP contribution in [0.25, 0.3) is 0 Å². The Morgan fingerprint density at radius 3 is 2.56 bits per heavy atom. The molecular formula is C16H21N5O3S. The molecule has 1 aromatic carbocycles. The van der Waals surface area contributed by atoms with Crippen LogP contribution in [-0.2, 0) is 34.3 Å². The summed E-state index contributed by atoms with van der Waals surface area (Å²) in [5.41, 5.74) is 1.03. The van der Waals surface area contributed by atoms with Gasteiger partial charge in [0.05, 0.1) is 19.3 Å². The van der Waals surface area contributed by atoms with Gasteiger partial charge in [-0.25, -0.2) is 8.42 Å². The molecule has 0 N–H and O–H groups in total. The van der Waals surface area contributed by atoms with Gasteiger partial charge < -0.3 is 4.90 Å². The quantitative estimate of drug-likeness (QED) is 0.768. The maximum Gasteiger partial charge on any atom is 0.246 e. The topological polar surface area (TPSA) is 88.4 Å². The Morgan fingerprint density at radius 1 is 1.24 bits per heavy atom. The summed E-state index contributed by atoms with van der Waals surface area (Å²) >= 11 is 0. The zero-order valence-electron chi connectivity index (χ0n) is 14.5. The fourth-order valence-electron chi connectivity index (χ4n) is 2.92. The van der Waals surface area contributed by atoms with E-state index in [1.54, 1.807) is 16.5 Å². The number of benzene rings is 1. The number of fused-ring (bicyclic) bond motifs is 1. The number of nitrogens with zero attached hydrogens (tertiary/aromatic N) is 5. The van der Waals surface area contributed by atoms with E-state index >= 15 is 0 Å². The van der Waals surface area contributed by atoms with E-state index < -0.39 is 16.1 Å². The fraction of sp³-hybridized carbons (Fsp3) is 0.438. The molecule has 8 nitrogen and oxygen atoms in total. The summed E-state index contributed by atoms with van der Waals surface area (Å²) in [5.74, 6) is 1.12. The van der Waals surface area contributed by atoms with Crippen molar-refractivity contribution >= 4 is 15.9 Å². The molecule has 0 spiro atoms. The highest BCUT2D eigenvalue weighted by Crippen LogP contribution is 2.26. The Morgan fingerprint density at radius 2 is 1.92 bits per heavy atom. The van der Waals surface area contributed by atoms with Crippen LogP contribution >= 0.6 is 0 Å². The fourth-order valence-corrected chi connectivity index (χ4v) is 3.27. The molecule has 1 aliphatic rings. The van der Waals surface area contributed by atoms with Gasteiger partial charge in [0.2, 0.25) is 15.9 Å². The van der Waals surface area contributed by atoms with Gasteiger partial charge in [0.25, 0.3) is 0 Å². The first-order chi connectivity index (χ1) is 11.8. The Balaban J connectivity index is 1.97. The summed E-state index contributed by atoms with van der Waals surface area (Å²) in [6.07, 6.45) is 1.64. The average Bonchev–Trinajstić information content (AvgIpc) is 2.94. The van der Waals surface area contributed by atoms with Gasteiger partial charge in [-0.1, -0.05) is 30.3 Å². The maximum absolute atomic E-state index is 12.7. The molecule has 0 bridgehead atoms. The normalized spacial score (nSPS) is 17.8. The molecule has 134 valence electrons. The molecule has 1 amide bonds. The van der Waals surface area contributed by atoms with Crippen molar-refractivity contribution < 1.29 is 13.2 Å². The van der Waals surface area contributed by atoms with Gasteiger partial charge >= 0.3 is 0 Å². The molecule has 3 rings (SSSR count). The second kappa shape index (κ2) is 6.57. The summed E-state index contributed by atoms with van der Waals surface area (Å²) in [6.45, 7) is 0.438. The number of hydrogen-bond donors (Lipinski definition) is 0. The Kier molecular flexibility index (Phi) is 4.61. The van der Waals surface area contributed by atoms with E-state index in [1.165, 1.54) is 11.4 Å². The number of hydrogen-bond acceptors (Lipinski definition) is 5. The van der Waals surface area contributed by atoms with E-state index in [1.807, 2.05) is 30.3 Å². The van der Waals surface area contributed by atoms with Crippen molar-refractivity contribution in [2.45, 2.75) is 25.6 Å². The smallest absolute Gasteiger partial charge is 0.246 e. The van der Waals surface area contributed by atoms with Crippen LogP contribution in [0.1, 0.15) is 23.3 Å². The molecule has 0 saturated carbocycles. The summed E-state index contributed by atoms with van der Waals surface area (Å²) in [5, 5.41) is 8.31. The first-order valence-electron chi connectivity index (χ1n) is 7.90. The lowest BCUT2D eigenvalue weighted by atomic mass is 10.0. The molecule has 1 aromatic heterocycles. The van der Waals surface area contributed by atoms with Crippen LogP contribution in [0, 0.1) is 0 Å². The molecule has 0 fully saturated rings. The zero-order chi connectivity index (χ0) is 18.2. The van der Waals surface area contributed by atoms with E-state index in [2.05, 4.69) is 10.2 Å². The van der Waals surface area contributed by atoms with Gasteiger partial charge in [-0.2, -0.15) is 4.31 Å². The number of sulfonamides is 1. The largest absolute Gasteiger partial charge is 0.336 e. The van der Waals surface area contributed by atoms with Gasteiger partial charge in [0.1, 0.15) is 11.9 Å². The minimum Gasteiger partial charge on any atom is -0.336 e. The highest BCUT2D eigenvalue weighted by atomic mass is 32.2. The SMILES string of the molecule is CN1Cc2nnc(CN(C)S(C)(=O)=O)n2[C@H](Cc2ccccc2)C1=O. The second-order valence-electron chi connectivity index (χ2n) is 6.32. The Hall–Kier alpha value is -2.26. The summed E-state index contributed by atoms with van der Waals surface area (Å²) in [6, 6.07) is 9.24.